The van der Waals surface area contributed by atoms with E-state index in [-0.39, 0.29) is 36.6 Å². The highest BCUT2D eigenvalue weighted by Gasteiger charge is 2.40. The molecule has 2 aromatic rings. The lowest BCUT2D eigenvalue weighted by Crippen LogP contribution is -2.52. The summed E-state index contributed by atoms with van der Waals surface area (Å²) in [4.78, 5) is 29.9. The van der Waals surface area contributed by atoms with Crippen LogP contribution < -0.4 is 0 Å². The summed E-state index contributed by atoms with van der Waals surface area (Å²) >= 11 is 0. The zero-order valence-corrected chi connectivity index (χ0v) is 21.7. The number of amides is 2. The number of hydrogen-bond acceptors (Lipinski definition) is 5. The minimum absolute atomic E-state index is 0.0169. The number of aryl methyl sites for hydroxylation is 2. The molecule has 2 fully saturated rings. The first-order chi connectivity index (χ1) is 17.5. The van der Waals surface area contributed by atoms with Gasteiger partial charge in [0, 0.05) is 50.0 Å². The molecular formula is C28H38N4O4. The number of benzene rings is 1. The Bertz CT molecular complexity index is 1120. The van der Waals surface area contributed by atoms with Crippen LogP contribution in [-0.4, -0.2) is 71.4 Å². The molecule has 2 saturated heterocycles. The van der Waals surface area contributed by atoms with Crippen LogP contribution in [0.2, 0.25) is 0 Å². The van der Waals surface area contributed by atoms with Crippen molar-refractivity contribution in [3.05, 3.63) is 35.5 Å². The van der Waals surface area contributed by atoms with Crippen molar-refractivity contribution in [2.45, 2.75) is 83.5 Å². The number of piperidine rings is 1. The number of carbonyl (C=O) groups is 2. The number of ether oxygens (including phenoxy) is 2. The Morgan fingerprint density at radius 3 is 2.69 bits per heavy atom. The molecule has 0 radical (unpaired) electrons. The van der Waals surface area contributed by atoms with Gasteiger partial charge < -0.3 is 23.8 Å². The van der Waals surface area contributed by atoms with E-state index in [1.165, 1.54) is 5.69 Å². The summed E-state index contributed by atoms with van der Waals surface area (Å²) in [7, 11) is 1.66. The third-order valence-corrected chi connectivity index (χ3v) is 7.70. The first kappa shape index (κ1) is 26.0. The van der Waals surface area contributed by atoms with Crippen LogP contribution in [0.15, 0.2) is 24.3 Å². The summed E-state index contributed by atoms with van der Waals surface area (Å²) in [5.74, 6) is -0.265. The average Bonchev–Trinajstić information content (AvgIpc) is 3.47. The second kappa shape index (κ2) is 11.8. The number of urea groups is 1. The van der Waals surface area contributed by atoms with Crippen LogP contribution in [0.3, 0.4) is 0 Å². The molecular weight excluding hydrogens is 456 g/mol. The van der Waals surface area contributed by atoms with Gasteiger partial charge in [-0.05, 0) is 76.0 Å². The van der Waals surface area contributed by atoms with Crippen LogP contribution in [0.1, 0.15) is 63.6 Å². The van der Waals surface area contributed by atoms with E-state index >= 15 is 0 Å². The molecule has 0 spiro atoms. The highest BCUT2D eigenvalue weighted by atomic mass is 16.5. The lowest BCUT2D eigenvalue weighted by atomic mass is 9.97. The van der Waals surface area contributed by atoms with Gasteiger partial charge in [0.05, 0.1) is 30.8 Å². The summed E-state index contributed by atoms with van der Waals surface area (Å²) in [5.41, 5.74) is 3.00. The van der Waals surface area contributed by atoms with Crippen LogP contribution in [0.25, 0.3) is 10.9 Å². The van der Waals surface area contributed by atoms with Crippen LogP contribution in [0.4, 0.5) is 4.79 Å². The van der Waals surface area contributed by atoms with Gasteiger partial charge in [-0.2, -0.15) is 5.26 Å². The number of nitrogens with zero attached hydrogens (tertiary/aromatic N) is 4. The number of likely N-dealkylation sites (tertiary alicyclic amines) is 2. The number of carbonyl (C=O) groups excluding carboxylic acids is 2. The molecule has 3 atom stereocenters. The number of hydrogen-bond donors (Lipinski definition) is 0. The van der Waals surface area contributed by atoms with Crippen LogP contribution in [-0.2, 0) is 27.2 Å². The van der Waals surface area contributed by atoms with E-state index in [0.29, 0.717) is 25.1 Å². The molecule has 8 nitrogen and oxygen atoms in total. The van der Waals surface area contributed by atoms with E-state index in [1.807, 2.05) is 28.0 Å². The maximum absolute atomic E-state index is 13.8. The van der Waals surface area contributed by atoms with Crippen molar-refractivity contribution in [1.82, 2.24) is 14.4 Å². The van der Waals surface area contributed by atoms with Gasteiger partial charge in [-0.25, -0.2) is 4.79 Å². The monoisotopic (exact) mass is 494 g/mol. The van der Waals surface area contributed by atoms with E-state index in [0.717, 1.165) is 56.1 Å². The summed E-state index contributed by atoms with van der Waals surface area (Å²) < 4.78 is 13.0. The van der Waals surface area contributed by atoms with E-state index in [2.05, 4.69) is 23.6 Å². The normalized spacial score (nSPS) is 22.1. The van der Waals surface area contributed by atoms with Gasteiger partial charge >= 0.3 is 12.0 Å². The Morgan fingerprint density at radius 1 is 1.14 bits per heavy atom. The van der Waals surface area contributed by atoms with Gasteiger partial charge in [-0.1, -0.05) is 6.07 Å². The van der Waals surface area contributed by atoms with Crippen molar-refractivity contribution in [2.24, 2.45) is 0 Å². The third kappa shape index (κ3) is 5.52. The molecule has 0 bridgehead atoms. The maximum atomic E-state index is 13.8. The molecule has 0 saturated carbocycles. The summed E-state index contributed by atoms with van der Waals surface area (Å²) in [6.45, 7) is 6.35. The molecule has 3 unspecified atom stereocenters. The Morgan fingerprint density at radius 2 is 1.97 bits per heavy atom. The largest absolute Gasteiger partial charge is 0.466 e. The zero-order chi connectivity index (χ0) is 25.7. The second-order valence-electron chi connectivity index (χ2n) is 9.84. The second-order valence-corrected chi connectivity index (χ2v) is 9.84. The predicted octanol–water partition coefficient (Wildman–Crippen LogP) is 4.48. The van der Waals surface area contributed by atoms with Crippen molar-refractivity contribution < 1.29 is 19.1 Å². The molecule has 8 heteroatoms. The number of methoxy groups -OCH3 is 1. The molecule has 0 N–H and O–H groups in total. The van der Waals surface area contributed by atoms with Crippen LogP contribution >= 0.6 is 0 Å². The van der Waals surface area contributed by atoms with Crippen molar-refractivity contribution in [1.29, 1.82) is 5.26 Å². The molecule has 194 valence electrons. The molecule has 0 aliphatic carbocycles. The van der Waals surface area contributed by atoms with Gasteiger partial charge in [0.2, 0.25) is 0 Å². The number of fused-ring (bicyclic) bond motifs is 1. The maximum Gasteiger partial charge on any atom is 0.320 e. The van der Waals surface area contributed by atoms with Crippen LogP contribution in [0, 0.1) is 11.3 Å². The Kier molecular flexibility index (Phi) is 8.52. The van der Waals surface area contributed by atoms with Gasteiger partial charge in [-0.15, -0.1) is 0 Å². The molecule has 2 aliphatic heterocycles. The van der Waals surface area contributed by atoms with Crippen molar-refractivity contribution in [3.63, 3.8) is 0 Å². The number of esters is 1. The first-order valence-corrected chi connectivity index (χ1v) is 13.3. The predicted molar refractivity (Wildman–Crippen MR) is 138 cm³/mol. The quantitative estimate of drug-likeness (QED) is 0.505. The highest BCUT2D eigenvalue weighted by molar-refractivity contribution is 5.83. The standard InChI is InChI=1S/C28H38N4O4/c1-4-30-23(15-21-10-9-20(18-29)14-26(21)30)12-11-22-8-6-7-13-31(22)28(34)32-19-25(35-3)16-24(32)17-27(33)36-5-2/h9-10,14-15,22,24-25H,4-8,11-13,16-17,19H2,1-3H3. The topological polar surface area (TPSA) is 87.8 Å². The molecule has 4 rings (SSSR count). The summed E-state index contributed by atoms with van der Waals surface area (Å²) in [6.07, 6.45) is 5.65. The lowest BCUT2D eigenvalue weighted by molar-refractivity contribution is -0.144. The molecule has 36 heavy (non-hydrogen) atoms. The molecule has 1 aromatic carbocycles. The van der Waals surface area contributed by atoms with Crippen molar-refractivity contribution in [2.75, 3.05) is 26.8 Å². The summed E-state index contributed by atoms with van der Waals surface area (Å²) in [5, 5.41) is 10.4. The minimum atomic E-state index is -0.265. The van der Waals surface area contributed by atoms with Gasteiger partial charge in [0.1, 0.15) is 0 Å². The number of nitriles is 1. The average molecular weight is 495 g/mol. The van der Waals surface area contributed by atoms with Crippen LogP contribution in [0.5, 0.6) is 0 Å². The van der Waals surface area contributed by atoms with Crippen molar-refractivity contribution >= 4 is 22.9 Å². The smallest absolute Gasteiger partial charge is 0.320 e. The fourth-order valence-corrected chi connectivity index (χ4v) is 5.88. The lowest BCUT2D eigenvalue weighted by Gasteiger charge is -2.39. The number of rotatable bonds is 8. The van der Waals surface area contributed by atoms with E-state index in [1.54, 1.807) is 14.0 Å². The fraction of sp³-hybridized carbons (Fsp3) is 0.607. The van der Waals surface area contributed by atoms with E-state index < -0.39 is 0 Å². The SMILES string of the molecule is CCOC(=O)CC1CC(OC)CN1C(=O)N1CCCCC1CCc1cc2ccc(C#N)cc2n1CC. The fourth-order valence-electron chi connectivity index (χ4n) is 5.88. The van der Waals surface area contributed by atoms with E-state index in [4.69, 9.17) is 9.47 Å². The third-order valence-electron chi connectivity index (χ3n) is 7.70. The van der Waals surface area contributed by atoms with E-state index in [9.17, 15) is 14.9 Å². The zero-order valence-electron chi connectivity index (χ0n) is 21.7. The first-order valence-electron chi connectivity index (χ1n) is 13.3. The molecule has 3 heterocycles. The molecule has 1 aromatic heterocycles. The van der Waals surface area contributed by atoms with Gasteiger partial charge in [0.15, 0.2) is 0 Å². The number of aromatic nitrogens is 1. The summed E-state index contributed by atoms with van der Waals surface area (Å²) in [6, 6.07) is 10.3. The Balaban J connectivity index is 1.48. The van der Waals surface area contributed by atoms with Crippen molar-refractivity contribution in [3.8, 4) is 6.07 Å². The molecule has 2 aliphatic rings. The Hall–Kier alpha value is -3.05. The van der Waals surface area contributed by atoms with Gasteiger partial charge in [0.25, 0.3) is 0 Å². The highest BCUT2D eigenvalue weighted by Crippen LogP contribution is 2.30. The Labute approximate surface area is 213 Å². The van der Waals surface area contributed by atoms with Gasteiger partial charge in [-0.3, -0.25) is 4.79 Å². The molecule has 2 amide bonds. The minimum Gasteiger partial charge on any atom is -0.466 e.